The minimum Gasteiger partial charge on any atom is -0.790 e. The lowest BCUT2D eigenvalue weighted by molar-refractivity contribution is -0.347. The van der Waals surface area contributed by atoms with Gasteiger partial charge in [0, 0.05) is 37.1 Å². The van der Waals surface area contributed by atoms with E-state index in [1.165, 1.54) is 26.7 Å². The number of nitrogens with one attached hydrogen (secondary N) is 2. The number of aliphatic hydroxyl groups excluding tert-OH is 2. The van der Waals surface area contributed by atoms with Gasteiger partial charge >= 0.3 is 0 Å². The van der Waals surface area contributed by atoms with E-state index in [9.17, 15) is 57.9 Å². The Balaban J connectivity index is 1.40. The van der Waals surface area contributed by atoms with E-state index in [0.717, 1.165) is 48.2 Å². The van der Waals surface area contributed by atoms with Crippen molar-refractivity contribution >= 4 is 69.1 Å². The van der Waals surface area contributed by atoms with Crippen molar-refractivity contribution in [3.05, 3.63) is 37.0 Å². The summed E-state index contributed by atoms with van der Waals surface area (Å²) in [6.07, 6.45) is 5.89. The van der Waals surface area contributed by atoms with Crippen molar-refractivity contribution in [2.24, 2.45) is 5.41 Å². The molecule has 1 fully saturated rings. The highest BCUT2D eigenvalue weighted by molar-refractivity contribution is 8.13. The minimum atomic E-state index is -5.92. The summed E-state index contributed by atoms with van der Waals surface area (Å²) >= 11 is 1.07. The van der Waals surface area contributed by atoms with Crippen LogP contribution in [0, 0.1) is 5.41 Å². The molecular formula is C33H50N7O17P3S-4. The van der Waals surface area contributed by atoms with Gasteiger partial charge in [0.2, 0.25) is 11.8 Å². The van der Waals surface area contributed by atoms with Gasteiger partial charge in [-0.3, -0.25) is 28.1 Å². The summed E-state index contributed by atoms with van der Waals surface area (Å²) in [5, 5.41) is 26.2. The molecule has 0 spiro atoms. The van der Waals surface area contributed by atoms with E-state index in [1.807, 2.05) is 6.08 Å². The monoisotopic (exact) mass is 941 g/mol. The van der Waals surface area contributed by atoms with Crippen molar-refractivity contribution < 1.29 is 80.5 Å². The van der Waals surface area contributed by atoms with E-state index < -0.39 is 84.6 Å². The third-order valence-corrected chi connectivity index (χ3v) is 12.5. The topological polar surface area (TPSA) is 375 Å². The summed E-state index contributed by atoms with van der Waals surface area (Å²) in [6.45, 7) is 2.25. The van der Waals surface area contributed by atoms with Gasteiger partial charge in [-0.25, -0.2) is 19.3 Å². The molecule has 61 heavy (non-hydrogen) atoms. The number of phosphoric ester groups is 3. The molecule has 0 radical (unpaired) electrons. The number of anilines is 1. The van der Waals surface area contributed by atoms with Crippen molar-refractivity contribution in [2.75, 3.05) is 37.8 Å². The predicted octanol–water partition coefficient (Wildman–Crippen LogP) is -0.390. The summed E-state index contributed by atoms with van der Waals surface area (Å²) in [5.74, 6) is -1.21. The van der Waals surface area contributed by atoms with Crippen molar-refractivity contribution in [2.45, 2.75) is 96.4 Å². The van der Waals surface area contributed by atoms with Gasteiger partial charge in [-0.1, -0.05) is 69.7 Å². The maximum absolute atomic E-state index is 12.6. The Kier molecular flexibility index (Phi) is 20.8. The van der Waals surface area contributed by atoms with Gasteiger partial charge in [0.05, 0.1) is 27.4 Å². The molecule has 2 aromatic rings. The Morgan fingerprint density at radius 2 is 1.74 bits per heavy atom. The fourth-order valence-electron chi connectivity index (χ4n) is 5.41. The van der Waals surface area contributed by atoms with Crippen LogP contribution in [0.4, 0.5) is 5.82 Å². The van der Waals surface area contributed by atoms with Gasteiger partial charge in [-0.05, 0) is 19.3 Å². The van der Waals surface area contributed by atoms with E-state index in [2.05, 4.69) is 62.5 Å². The fourth-order valence-corrected chi connectivity index (χ4v) is 8.79. The first kappa shape index (κ1) is 52.4. The zero-order valence-electron chi connectivity index (χ0n) is 33.5. The largest absolute Gasteiger partial charge is 0.790 e. The van der Waals surface area contributed by atoms with Gasteiger partial charge in [-0.15, -0.1) is 0 Å². The zero-order chi connectivity index (χ0) is 45.4. The van der Waals surface area contributed by atoms with E-state index in [-0.39, 0.29) is 48.0 Å². The maximum Gasteiger partial charge on any atom is 0.274 e. The summed E-state index contributed by atoms with van der Waals surface area (Å²) in [6, 6.07) is 0. The Bertz CT molecular complexity index is 1980. The molecule has 1 aliphatic heterocycles. The number of nitrogens with zero attached hydrogens (tertiary/aromatic N) is 4. The molecule has 1 saturated heterocycles. The number of amides is 2. The molecule has 344 valence electrons. The standard InChI is InChI=1S/C33H54N7O17P3S/c1-4-5-6-7-8-9-10-11-12-13-24(42)61-17-16-35-23(41)14-15-36-31(45)28(44)33(2,3)19-54-60(51,52)57-59(49,50)53-18-22-27(56-58(46,47)48)26(43)32(55-22)40-21-39-25-29(34)37-20-38-30(25)40/h8-9,11-12,20-22,26-28,32,43-44H,4-7,10,13-19H2,1-3H3,(H,35,41)(H,36,45)(H,49,50)(H,51,52)(H2,34,37,38)(H2,46,47,48)/p-4/b9-8+,12-11+/t22-,26-,27-,28+,32-/m1/s1. The van der Waals surface area contributed by atoms with Crippen molar-refractivity contribution in [3.8, 4) is 0 Å². The number of nitrogen functional groups attached to an aromatic ring is 1. The summed E-state index contributed by atoms with van der Waals surface area (Å²) in [7, 11) is -17.6. The zero-order valence-corrected chi connectivity index (χ0v) is 37.0. The van der Waals surface area contributed by atoms with Crippen LogP contribution >= 0.6 is 35.2 Å². The highest BCUT2D eigenvalue weighted by Crippen LogP contribution is 2.56. The fraction of sp³-hybridized carbons (Fsp3) is 0.636. The number of hydrogen-bond acceptors (Lipinski definition) is 22. The Morgan fingerprint density at radius 1 is 1.03 bits per heavy atom. The molecule has 3 rings (SSSR count). The van der Waals surface area contributed by atoms with Crippen LogP contribution in [-0.2, 0) is 50.7 Å². The number of phosphoric acid groups is 3. The van der Waals surface area contributed by atoms with Crippen LogP contribution in [0.2, 0.25) is 0 Å². The predicted molar refractivity (Wildman–Crippen MR) is 210 cm³/mol. The van der Waals surface area contributed by atoms with Crippen LogP contribution in [0.3, 0.4) is 0 Å². The van der Waals surface area contributed by atoms with E-state index in [4.69, 9.17) is 10.5 Å². The van der Waals surface area contributed by atoms with E-state index >= 15 is 0 Å². The molecule has 3 heterocycles. The summed E-state index contributed by atoms with van der Waals surface area (Å²) < 4.78 is 60.6. The number of nitrogens with two attached hydrogens (primary N) is 1. The molecule has 6 N–H and O–H groups in total. The van der Waals surface area contributed by atoms with Crippen molar-refractivity contribution in [3.63, 3.8) is 0 Å². The second kappa shape index (κ2) is 24.2. The number of carbonyl (C=O) groups excluding carboxylic acids is 3. The van der Waals surface area contributed by atoms with Crippen LogP contribution in [-0.4, -0.2) is 103 Å². The van der Waals surface area contributed by atoms with Gasteiger partial charge in [0.25, 0.3) is 15.6 Å². The number of thioether (sulfide) groups is 1. The second-order valence-corrected chi connectivity index (χ2v) is 19.3. The smallest absolute Gasteiger partial charge is 0.274 e. The lowest BCUT2D eigenvalue weighted by atomic mass is 9.87. The van der Waals surface area contributed by atoms with Crippen LogP contribution in [0.25, 0.3) is 11.2 Å². The van der Waals surface area contributed by atoms with E-state index in [0.29, 0.717) is 5.75 Å². The number of rotatable bonds is 27. The number of aliphatic hydroxyl groups is 2. The van der Waals surface area contributed by atoms with Crippen molar-refractivity contribution in [1.29, 1.82) is 0 Å². The average molecular weight is 942 g/mol. The lowest BCUT2D eigenvalue weighted by Crippen LogP contribution is -2.46. The number of unbranched alkanes of at least 4 members (excludes halogenated alkanes) is 3. The number of hydrogen-bond donors (Lipinski definition) is 5. The van der Waals surface area contributed by atoms with Crippen LogP contribution in [0.15, 0.2) is 37.0 Å². The molecule has 2 amide bonds. The first-order chi connectivity index (χ1) is 28.6. The maximum atomic E-state index is 12.6. The first-order valence-corrected chi connectivity index (χ1v) is 24.2. The molecule has 24 nitrogen and oxygen atoms in total. The SMILES string of the molecule is CCCCC/C=C/C/C=C/CC(=O)SCCNC(=O)CCNC(=O)[C@H](O)C(C)(C)COP(=O)([O-])OP(=O)([O-])OC[C@H]1O[C@@H](n2cnc3c(N)ncnc32)[C@H](O)[C@@H]1OP(=O)([O-])[O-]. The highest BCUT2D eigenvalue weighted by atomic mass is 32.2. The van der Waals surface area contributed by atoms with Crippen molar-refractivity contribution in [1.82, 2.24) is 30.2 Å². The quantitative estimate of drug-likeness (QED) is 0.0432. The van der Waals surface area contributed by atoms with Gasteiger partial charge < -0.3 is 69.0 Å². The third-order valence-electron chi connectivity index (χ3n) is 8.60. The Hall–Kier alpha value is -2.96. The minimum absolute atomic E-state index is 0.0212. The number of aromatic nitrogens is 4. The third kappa shape index (κ3) is 18.0. The van der Waals surface area contributed by atoms with Crippen LogP contribution in [0.1, 0.15) is 71.9 Å². The Morgan fingerprint density at radius 3 is 2.44 bits per heavy atom. The molecule has 0 aliphatic carbocycles. The number of fused-ring (bicyclic) bond motifs is 1. The first-order valence-electron chi connectivity index (χ1n) is 18.8. The molecular weight excluding hydrogens is 891 g/mol. The second-order valence-electron chi connectivity index (χ2n) is 14.1. The molecule has 0 bridgehead atoms. The van der Waals surface area contributed by atoms with Gasteiger partial charge in [0.1, 0.15) is 36.3 Å². The summed E-state index contributed by atoms with van der Waals surface area (Å²) in [5.41, 5.74) is 4.07. The number of allylic oxidation sites excluding steroid dienone is 4. The normalized spacial score (nSPS) is 21.1. The molecule has 1 aliphatic rings. The molecule has 0 aromatic carbocycles. The number of imidazole rings is 1. The molecule has 2 aromatic heterocycles. The molecule has 0 saturated carbocycles. The summed E-state index contributed by atoms with van der Waals surface area (Å²) in [4.78, 5) is 96.3. The molecule has 7 atom stereocenters. The van der Waals surface area contributed by atoms with Gasteiger partial charge in [-0.2, -0.15) is 0 Å². The average Bonchev–Trinajstić information content (AvgIpc) is 3.73. The highest BCUT2D eigenvalue weighted by Gasteiger charge is 2.47. The Labute approximate surface area is 355 Å². The van der Waals surface area contributed by atoms with Crippen LogP contribution < -0.4 is 35.9 Å². The lowest BCUT2D eigenvalue weighted by Gasteiger charge is -2.36. The molecule has 28 heteroatoms. The number of ether oxygens (including phenoxy) is 1. The van der Waals surface area contributed by atoms with Crippen LogP contribution in [0.5, 0.6) is 0 Å². The van der Waals surface area contributed by atoms with Gasteiger partial charge in [0.15, 0.2) is 22.8 Å². The number of carbonyl (C=O) groups is 3. The molecule has 2 unspecified atom stereocenters. The van der Waals surface area contributed by atoms with E-state index in [1.54, 1.807) is 6.08 Å².